The van der Waals surface area contributed by atoms with Crippen LogP contribution in [0, 0.1) is 11.7 Å². The number of hydrogen-bond acceptors (Lipinski definition) is 8. The number of thiophene rings is 1. The minimum Gasteiger partial charge on any atom is -0.488 e. The number of hydrogen-bond donors (Lipinski definition) is 2. The predicted octanol–water partition coefficient (Wildman–Crippen LogP) is 3.16. The molecule has 14 heteroatoms. The molecule has 3 aromatic rings. The number of rotatable bonds is 9. The van der Waals surface area contributed by atoms with Crippen LogP contribution in [0.2, 0.25) is 0 Å². The number of nitrogens with one attached hydrogen (secondary N) is 1. The van der Waals surface area contributed by atoms with Crippen LogP contribution in [0.5, 0.6) is 5.75 Å². The first-order valence-corrected chi connectivity index (χ1v) is 16.6. The second-order valence-electron chi connectivity index (χ2n) is 9.99. The molecule has 0 fully saturated rings. The van der Waals surface area contributed by atoms with Crippen molar-refractivity contribution < 1.29 is 35.9 Å². The van der Waals surface area contributed by atoms with E-state index in [9.17, 15) is 31.1 Å². The van der Waals surface area contributed by atoms with Crippen molar-refractivity contribution in [2.45, 2.75) is 41.5 Å². The van der Waals surface area contributed by atoms with Crippen molar-refractivity contribution >= 4 is 43.0 Å². The smallest absolute Gasteiger partial charge is 0.271 e. The van der Waals surface area contributed by atoms with Gasteiger partial charge in [-0.15, -0.1) is 11.3 Å². The molecular weight excluding hydrogens is 594 g/mol. The second-order valence-corrected chi connectivity index (χ2v) is 14.9. The standard InChI is InChI=1S/C27H32FN3O7S3/c1-18-15-31(19(2)17-32)26(33)14-20-13-22(29-40(34,35)27-5-4-12-39-27)8-11-24(20)38-25(18)16-30(3)41(36,37)23-9-6-21(28)7-10-23/h4-13,18-19,25,29,32H,14-17H2,1-3H3/t18-,19+,25-/m1/s1. The summed E-state index contributed by atoms with van der Waals surface area (Å²) in [5, 5.41) is 11.5. The maximum absolute atomic E-state index is 13.4. The molecule has 2 N–H and O–H groups in total. The van der Waals surface area contributed by atoms with Crippen LogP contribution in [0.4, 0.5) is 10.1 Å². The molecule has 0 spiro atoms. The normalized spacial score (nSPS) is 19.1. The molecule has 2 heterocycles. The number of ether oxygens (including phenoxy) is 1. The summed E-state index contributed by atoms with van der Waals surface area (Å²) in [5.41, 5.74) is 0.634. The van der Waals surface area contributed by atoms with E-state index in [-0.39, 0.29) is 52.7 Å². The lowest BCUT2D eigenvalue weighted by Gasteiger charge is -2.33. The van der Waals surface area contributed by atoms with Crippen LogP contribution in [0.1, 0.15) is 19.4 Å². The molecule has 10 nitrogen and oxygen atoms in total. The Balaban J connectivity index is 1.68. The third-order valence-electron chi connectivity index (χ3n) is 6.89. The maximum atomic E-state index is 13.4. The summed E-state index contributed by atoms with van der Waals surface area (Å²) < 4.78 is 75.5. The van der Waals surface area contributed by atoms with Gasteiger partial charge in [-0.2, -0.15) is 4.31 Å². The lowest BCUT2D eigenvalue weighted by Crippen LogP contribution is -2.48. The van der Waals surface area contributed by atoms with Crippen molar-refractivity contribution in [1.29, 1.82) is 0 Å². The number of carbonyl (C=O) groups excluding carboxylic acids is 1. The number of carbonyl (C=O) groups is 1. The number of anilines is 1. The van der Waals surface area contributed by atoms with E-state index in [2.05, 4.69) is 4.72 Å². The fraction of sp³-hybridized carbons (Fsp3) is 0.370. The Morgan fingerprint density at radius 1 is 1.17 bits per heavy atom. The Labute approximate surface area is 243 Å². The molecule has 222 valence electrons. The molecule has 3 atom stereocenters. The average Bonchev–Trinajstić information content (AvgIpc) is 3.49. The number of benzene rings is 2. The summed E-state index contributed by atoms with van der Waals surface area (Å²) in [5.74, 6) is -0.923. The summed E-state index contributed by atoms with van der Waals surface area (Å²) >= 11 is 1.07. The van der Waals surface area contributed by atoms with Crippen LogP contribution in [-0.4, -0.2) is 75.9 Å². The molecule has 41 heavy (non-hydrogen) atoms. The van der Waals surface area contributed by atoms with Gasteiger partial charge in [0.1, 0.15) is 21.9 Å². The largest absolute Gasteiger partial charge is 0.488 e. The zero-order valence-electron chi connectivity index (χ0n) is 22.7. The average molecular weight is 626 g/mol. The summed E-state index contributed by atoms with van der Waals surface area (Å²) in [4.78, 5) is 14.8. The first-order valence-electron chi connectivity index (χ1n) is 12.8. The summed E-state index contributed by atoms with van der Waals surface area (Å²) in [6, 6.07) is 11.7. The fourth-order valence-corrected chi connectivity index (χ4v) is 7.70. The first-order chi connectivity index (χ1) is 19.3. The van der Waals surface area contributed by atoms with E-state index in [1.165, 1.54) is 42.3 Å². The van der Waals surface area contributed by atoms with E-state index < -0.39 is 38.0 Å². The highest BCUT2D eigenvalue weighted by Gasteiger charge is 2.33. The number of aliphatic hydroxyl groups is 1. The SMILES string of the molecule is C[C@@H]1CN([C@@H](C)CO)C(=O)Cc2cc(NS(=O)(=O)c3cccs3)ccc2O[C@@H]1CN(C)S(=O)(=O)c1ccc(F)cc1. The van der Waals surface area contributed by atoms with Gasteiger partial charge in [0.2, 0.25) is 15.9 Å². The van der Waals surface area contributed by atoms with Crippen molar-refractivity contribution in [3.8, 4) is 5.75 Å². The van der Waals surface area contributed by atoms with Crippen molar-refractivity contribution in [2.75, 3.05) is 31.5 Å². The molecule has 4 rings (SSSR count). The first kappa shape index (κ1) is 30.9. The van der Waals surface area contributed by atoms with Crippen LogP contribution in [0.3, 0.4) is 0 Å². The molecule has 2 aromatic carbocycles. The van der Waals surface area contributed by atoms with E-state index in [1.54, 1.807) is 24.4 Å². The highest BCUT2D eigenvalue weighted by atomic mass is 32.2. The van der Waals surface area contributed by atoms with E-state index >= 15 is 0 Å². The zero-order valence-corrected chi connectivity index (χ0v) is 25.2. The predicted molar refractivity (Wildman–Crippen MR) is 153 cm³/mol. The van der Waals surface area contributed by atoms with Crippen LogP contribution in [0.15, 0.2) is 69.1 Å². The lowest BCUT2D eigenvalue weighted by atomic mass is 10.0. The minimum absolute atomic E-state index is 0.0779. The van der Waals surface area contributed by atoms with Gasteiger partial charge in [0, 0.05) is 30.8 Å². The molecule has 0 bridgehead atoms. The quantitative estimate of drug-likeness (QED) is 0.373. The van der Waals surface area contributed by atoms with Crippen LogP contribution < -0.4 is 9.46 Å². The van der Waals surface area contributed by atoms with Gasteiger partial charge in [0.25, 0.3) is 10.0 Å². The van der Waals surface area contributed by atoms with Crippen molar-refractivity contribution in [2.24, 2.45) is 5.92 Å². The van der Waals surface area contributed by atoms with E-state index in [1.807, 2.05) is 6.92 Å². The highest BCUT2D eigenvalue weighted by molar-refractivity contribution is 7.94. The van der Waals surface area contributed by atoms with Crippen molar-refractivity contribution in [1.82, 2.24) is 9.21 Å². The molecule has 1 aliphatic heterocycles. The number of likely N-dealkylation sites (N-methyl/N-ethyl adjacent to an activating group) is 1. The van der Waals surface area contributed by atoms with Crippen molar-refractivity contribution in [3.05, 3.63) is 71.4 Å². The molecular formula is C27H32FN3O7S3. The molecule has 0 saturated carbocycles. The van der Waals surface area contributed by atoms with Crippen molar-refractivity contribution in [3.63, 3.8) is 0 Å². The Morgan fingerprint density at radius 3 is 2.51 bits per heavy atom. The van der Waals surface area contributed by atoms with E-state index in [0.717, 1.165) is 27.8 Å². The Morgan fingerprint density at radius 2 is 1.88 bits per heavy atom. The van der Waals surface area contributed by atoms with E-state index in [0.29, 0.717) is 11.3 Å². The Hall–Kier alpha value is -3.04. The zero-order chi connectivity index (χ0) is 29.9. The lowest BCUT2D eigenvalue weighted by molar-refractivity contribution is -0.134. The number of amides is 1. The fourth-order valence-electron chi connectivity index (χ4n) is 4.47. The van der Waals surface area contributed by atoms with Crippen LogP contribution in [0.25, 0.3) is 0 Å². The third-order valence-corrected chi connectivity index (χ3v) is 11.5. The van der Waals surface area contributed by atoms with Crippen LogP contribution >= 0.6 is 11.3 Å². The summed E-state index contributed by atoms with van der Waals surface area (Å²) in [6.45, 7) is 3.33. The van der Waals surface area contributed by atoms with E-state index in [4.69, 9.17) is 4.74 Å². The summed E-state index contributed by atoms with van der Waals surface area (Å²) in [7, 11) is -6.44. The van der Waals surface area contributed by atoms with Gasteiger partial charge in [-0.05, 0) is 60.8 Å². The number of nitrogens with zero attached hydrogens (tertiary/aromatic N) is 2. The number of fused-ring (bicyclic) bond motifs is 1. The summed E-state index contributed by atoms with van der Waals surface area (Å²) in [6.07, 6.45) is -0.862. The van der Waals surface area contributed by atoms with Gasteiger partial charge in [-0.1, -0.05) is 13.0 Å². The van der Waals surface area contributed by atoms with Gasteiger partial charge in [-0.25, -0.2) is 21.2 Å². The molecule has 1 aliphatic rings. The number of halogens is 1. The number of aliphatic hydroxyl groups excluding tert-OH is 1. The second kappa shape index (κ2) is 12.4. The van der Waals surface area contributed by atoms with Gasteiger partial charge in [0.05, 0.1) is 30.5 Å². The van der Waals surface area contributed by atoms with Gasteiger partial charge < -0.3 is 14.7 Å². The Kier molecular flexibility index (Phi) is 9.39. The third kappa shape index (κ3) is 7.07. The molecule has 0 radical (unpaired) electrons. The topological polar surface area (TPSA) is 133 Å². The van der Waals surface area contributed by atoms with Crippen LogP contribution in [-0.2, 0) is 31.3 Å². The molecule has 1 aromatic heterocycles. The maximum Gasteiger partial charge on any atom is 0.271 e. The van der Waals surface area contributed by atoms with Gasteiger partial charge in [0.15, 0.2) is 0 Å². The highest BCUT2D eigenvalue weighted by Crippen LogP contribution is 2.31. The number of sulfonamides is 2. The molecule has 0 unspecified atom stereocenters. The Bertz CT molecular complexity index is 1580. The molecule has 1 amide bonds. The minimum atomic E-state index is -3.99. The monoisotopic (exact) mass is 625 g/mol. The molecule has 0 aliphatic carbocycles. The van der Waals surface area contributed by atoms with Gasteiger partial charge >= 0.3 is 0 Å². The molecule has 0 saturated heterocycles. The van der Waals surface area contributed by atoms with Gasteiger partial charge in [-0.3, -0.25) is 9.52 Å².